The molecule has 13 heavy (non-hydrogen) atoms. The molecule has 0 amide bonds. The molecule has 4 atom stereocenters. The lowest BCUT2D eigenvalue weighted by Crippen LogP contribution is -2.18. The molecule has 1 nitrogen and oxygen atoms in total. The summed E-state index contributed by atoms with van der Waals surface area (Å²) in [6.45, 7) is 2.33. The Kier molecular flexibility index (Phi) is 1.35. The van der Waals surface area contributed by atoms with Crippen molar-refractivity contribution in [1.82, 2.24) is 0 Å². The summed E-state index contributed by atoms with van der Waals surface area (Å²) in [5.74, 6) is 2.84. The molecule has 3 aliphatic rings. The second-order valence-electron chi connectivity index (χ2n) is 5.38. The minimum atomic E-state index is 0.372. The number of fused-ring (bicyclic) bond motifs is 3. The number of allylic oxidation sites excluding steroid dienone is 2. The van der Waals surface area contributed by atoms with Crippen molar-refractivity contribution in [2.75, 3.05) is 0 Å². The van der Waals surface area contributed by atoms with Crippen molar-refractivity contribution in [1.29, 1.82) is 0 Å². The molecule has 0 aromatic rings. The highest BCUT2D eigenvalue weighted by Crippen LogP contribution is 2.60. The first-order valence-corrected chi connectivity index (χ1v) is 5.37. The lowest BCUT2D eigenvalue weighted by Gasteiger charge is -2.24. The van der Waals surface area contributed by atoms with Crippen LogP contribution >= 0.6 is 0 Å². The summed E-state index contributed by atoms with van der Waals surface area (Å²) in [6, 6.07) is 0. The SMILES string of the molecule is C[C@@]12CC(=O)C[C@@H]1[C@H]1CC=C[C@H]1C2. The molecule has 0 radical (unpaired) electrons. The van der Waals surface area contributed by atoms with Crippen LogP contribution in [0.5, 0.6) is 0 Å². The van der Waals surface area contributed by atoms with Crippen molar-refractivity contribution >= 4 is 5.78 Å². The smallest absolute Gasteiger partial charge is 0.133 e. The highest BCUT2D eigenvalue weighted by molar-refractivity contribution is 5.82. The highest BCUT2D eigenvalue weighted by atomic mass is 16.1. The number of Topliss-reactive ketones (excluding diaryl/α,β-unsaturated/α-hetero) is 1. The maximum atomic E-state index is 11.4. The third-order valence-corrected chi connectivity index (χ3v) is 4.50. The largest absolute Gasteiger partial charge is 0.300 e. The zero-order chi connectivity index (χ0) is 9.05. The van der Waals surface area contributed by atoms with E-state index in [0.717, 1.165) is 24.7 Å². The average molecular weight is 176 g/mol. The molecule has 2 saturated carbocycles. The monoisotopic (exact) mass is 176 g/mol. The van der Waals surface area contributed by atoms with Crippen molar-refractivity contribution in [3.8, 4) is 0 Å². The van der Waals surface area contributed by atoms with Gasteiger partial charge in [-0.25, -0.2) is 0 Å². The van der Waals surface area contributed by atoms with Gasteiger partial charge in [0.25, 0.3) is 0 Å². The van der Waals surface area contributed by atoms with Gasteiger partial charge in [-0.1, -0.05) is 19.1 Å². The average Bonchev–Trinajstić information content (AvgIpc) is 2.59. The summed E-state index contributed by atoms with van der Waals surface area (Å²) >= 11 is 0. The lowest BCUT2D eigenvalue weighted by atomic mass is 9.79. The van der Waals surface area contributed by atoms with Gasteiger partial charge in [-0.05, 0) is 36.0 Å². The summed E-state index contributed by atoms with van der Waals surface area (Å²) < 4.78 is 0. The molecule has 3 rings (SSSR count). The van der Waals surface area contributed by atoms with Crippen LogP contribution in [-0.4, -0.2) is 5.78 Å². The Morgan fingerprint density at radius 1 is 1.54 bits per heavy atom. The van der Waals surface area contributed by atoms with E-state index in [2.05, 4.69) is 19.1 Å². The van der Waals surface area contributed by atoms with Crippen LogP contribution < -0.4 is 0 Å². The second-order valence-corrected chi connectivity index (χ2v) is 5.38. The molecule has 70 valence electrons. The first-order valence-electron chi connectivity index (χ1n) is 5.37. The van der Waals surface area contributed by atoms with Crippen LogP contribution in [0.25, 0.3) is 0 Å². The topological polar surface area (TPSA) is 17.1 Å². The predicted octanol–water partition coefficient (Wildman–Crippen LogP) is 2.57. The van der Waals surface area contributed by atoms with E-state index in [0.29, 0.717) is 17.1 Å². The summed E-state index contributed by atoms with van der Waals surface area (Å²) in [5.41, 5.74) is 0.372. The predicted molar refractivity (Wildman–Crippen MR) is 51.2 cm³/mol. The zero-order valence-electron chi connectivity index (χ0n) is 8.12. The number of hydrogen-bond acceptors (Lipinski definition) is 1. The fraction of sp³-hybridized carbons (Fsp3) is 0.750. The van der Waals surface area contributed by atoms with E-state index in [4.69, 9.17) is 0 Å². The molecule has 0 saturated heterocycles. The molecule has 2 fully saturated rings. The molecule has 0 heterocycles. The minimum absolute atomic E-state index is 0.372. The molecule has 0 aromatic heterocycles. The van der Waals surface area contributed by atoms with Gasteiger partial charge in [-0.2, -0.15) is 0 Å². The number of carbonyl (C=O) groups is 1. The Morgan fingerprint density at radius 3 is 3.23 bits per heavy atom. The Bertz CT molecular complexity index is 291. The molecule has 0 unspecified atom stereocenters. The van der Waals surface area contributed by atoms with Crippen molar-refractivity contribution < 1.29 is 4.79 Å². The van der Waals surface area contributed by atoms with Crippen molar-refractivity contribution in [2.45, 2.75) is 32.6 Å². The molecule has 0 aliphatic heterocycles. The second kappa shape index (κ2) is 2.26. The first kappa shape index (κ1) is 7.78. The van der Waals surface area contributed by atoms with Gasteiger partial charge in [-0.15, -0.1) is 0 Å². The van der Waals surface area contributed by atoms with E-state index in [1.807, 2.05) is 0 Å². The summed E-state index contributed by atoms with van der Waals surface area (Å²) in [4.78, 5) is 11.4. The molecular weight excluding hydrogens is 160 g/mol. The fourth-order valence-electron chi connectivity index (χ4n) is 3.99. The van der Waals surface area contributed by atoms with Gasteiger partial charge in [-0.3, -0.25) is 4.79 Å². The Hall–Kier alpha value is -0.590. The van der Waals surface area contributed by atoms with Gasteiger partial charge in [0, 0.05) is 12.8 Å². The first-order chi connectivity index (χ1) is 6.19. The Balaban J connectivity index is 1.95. The highest BCUT2D eigenvalue weighted by Gasteiger charge is 2.55. The van der Waals surface area contributed by atoms with Crippen LogP contribution in [0, 0.1) is 23.2 Å². The molecule has 0 spiro atoms. The number of ketones is 1. The van der Waals surface area contributed by atoms with Crippen molar-refractivity contribution in [2.24, 2.45) is 23.2 Å². The van der Waals surface area contributed by atoms with Gasteiger partial charge >= 0.3 is 0 Å². The van der Waals surface area contributed by atoms with Gasteiger partial charge in [0.05, 0.1) is 0 Å². The van der Waals surface area contributed by atoms with Crippen LogP contribution in [0.2, 0.25) is 0 Å². The van der Waals surface area contributed by atoms with E-state index >= 15 is 0 Å². The maximum Gasteiger partial charge on any atom is 0.133 e. The van der Waals surface area contributed by atoms with Gasteiger partial charge in [0.15, 0.2) is 0 Å². The zero-order valence-corrected chi connectivity index (χ0v) is 8.12. The van der Waals surface area contributed by atoms with Gasteiger partial charge in [0.2, 0.25) is 0 Å². The Morgan fingerprint density at radius 2 is 2.38 bits per heavy atom. The van der Waals surface area contributed by atoms with Crippen LogP contribution in [0.4, 0.5) is 0 Å². The van der Waals surface area contributed by atoms with Crippen molar-refractivity contribution in [3.05, 3.63) is 12.2 Å². The number of hydrogen-bond donors (Lipinski definition) is 0. The van der Waals surface area contributed by atoms with Gasteiger partial charge < -0.3 is 0 Å². The van der Waals surface area contributed by atoms with Crippen LogP contribution in [0.1, 0.15) is 32.6 Å². The quantitative estimate of drug-likeness (QED) is 0.518. The summed E-state index contributed by atoms with van der Waals surface area (Å²) in [6.07, 6.45) is 8.94. The standard InChI is InChI=1S/C12H16O/c1-12-6-8-3-2-4-10(8)11(12)5-9(13)7-12/h2-3,8,10-11H,4-7H2,1H3/t8-,10-,11+,12+/m0/s1. The lowest BCUT2D eigenvalue weighted by molar-refractivity contribution is -0.118. The fourth-order valence-corrected chi connectivity index (χ4v) is 3.99. The van der Waals surface area contributed by atoms with Gasteiger partial charge in [0.1, 0.15) is 5.78 Å². The van der Waals surface area contributed by atoms with E-state index in [1.54, 1.807) is 0 Å². The maximum absolute atomic E-state index is 11.4. The van der Waals surface area contributed by atoms with Crippen molar-refractivity contribution in [3.63, 3.8) is 0 Å². The molecule has 1 heteroatoms. The van der Waals surface area contributed by atoms with Crippen LogP contribution in [0.15, 0.2) is 12.2 Å². The molecular formula is C12H16O. The van der Waals surface area contributed by atoms with E-state index < -0.39 is 0 Å². The Labute approximate surface area is 79.2 Å². The summed E-state index contributed by atoms with van der Waals surface area (Å²) in [5, 5.41) is 0. The molecule has 0 aromatic carbocycles. The molecule has 3 aliphatic carbocycles. The normalized spacial score (nSPS) is 52.7. The van der Waals surface area contributed by atoms with E-state index in [1.165, 1.54) is 12.8 Å². The number of rotatable bonds is 0. The van der Waals surface area contributed by atoms with Crippen LogP contribution in [-0.2, 0) is 4.79 Å². The molecule has 0 N–H and O–H groups in total. The van der Waals surface area contributed by atoms with Crippen LogP contribution in [0.3, 0.4) is 0 Å². The third-order valence-electron chi connectivity index (χ3n) is 4.50. The third kappa shape index (κ3) is 0.905. The van der Waals surface area contributed by atoms with E-state index in [-0.39, 0.29) is 0 Å². The number of carbonyl (C=O) groups excluding carboxylic acids is 1. The summed E-state index contributed by atoms with van der Waals surface area (Å²) in [7, 11) is 0. The minimum Gasteiger partial charge on any atom is -0.300 e. The molecule has 0 bridgehead atoms. The van der Waals surface area contributed by atoms with E-state index in [9.17, 15) is 4.79 Å².